The first-order chi connectivity index (χ1) is 12.6. The van der Waals surface area contributed by atoms with E-state index < -0.39 is 0 Å². The summed E-state index contributed by atoms with van der Waals surface area (Å²) in [5.41, 5.74) is 7.87. The molecule has 6 heteroatoms. The highest BCUT2D eigenvalue weighted by Crippen LogP contribution is 2.26. The van der Waals surface area contributed by atoms with Crippen LogP contribution in [0.1, 0.15) is 32.4 Å². The molecule has 1 atom stereocenters. The van der Waals surface area contributed by atoms with Gasteiger partial charge in [0, 0.05) is 30.1 Å². The van der Waals surface area contributed by atoms with E-state index in [0.29, 0.717) is 18.9 Å². The highest BCUT2D eigenvalue weighted by atomic mass is 32.1. The van der Waals surface area contributed by atoms with Crippen molar-refractivity contribution in [1.82, 2.24) is 9.88 Å². The SMILES string of the molecule is CCOc1ccc(-c2nc(CC(=O)N3CCC(C(C)N)CC3)cs2)cc1. The zero-order chi connectivity index (χ0) is 18.5. The second-order valence-electron chi connectivity index (χ2n) is 6.86. The van der Waals surface area contributed by atoms with Gasteiger partial charge < -0.3 is 15.4 Å². The van der Waals surface area contributed by atoms with Crippen molar-refractivity contribution >= 4 is 17.2 Å². The number of carbonyl (C=O) groups excluding carboxylic acids is 1. The number of nitrogens with two attached hydrogens (primary N) is 1. The lowest BCUT2D eigenvalue weighted by molar-refractivity contribution is -0.132. The molecule has 0 spiro atoms. The average molecular weight is 374 g/mol. The van der Waals surface area contributed by atoms with Crippen molar-refractivity contribution in [3.05, 3.63) is 35.3 Å². The van der Waals surface area contributed by atoms with E-state index in [1.807, 2.05) is 41.5 Å². The Hall–Kier alpha value is -1.92. The minimum absolute atomic E-state index is 0.164. The normalized spacial score (nSPS) is 16.5. The number of amides is 1. The molecule has 2 aromatic rings. The van der Waals surface area contributed by atoms with Gasteiger partial charge in [-0.15, -0.1) is 11.3 Å². The van der Waals surface area contributed by atoms with E-state index in [0.717, 1.165) is 47.9 Å². The van der Waals surface area contributed by atoms with Gasteiger partial charge in [0.2, 0.25) is 5.91 Å². The third kappa shape index (κ3) is 4.62. The summed E-state index contributed by atoms with van der Waals surface area (Å²) in [5, 5.41) is 2.92. The Bertz CT molecular complexity index is 719. The predicted octanol–water partition coefficient (Wildman–Crippen LogP) is 3.34. The van der Waals surface area contributed by atoms with Crippen LogP contribution < -0.4 is 10.5 Å². The van der Waals surface area contributed by atoms with Gasteiger partial charge in [-0.05, 0) is 56.9 Å². The summed E-state index contributed by atoms with van der Waals surface area (Å²) < 4.78 is 5.47. The van der Waals surface area contributed by atoms with Crippen LogP contribution in [0.5, 0.6) is 5.75 Å². The number of hydrogen-bond acceptors (Lipinski definition) is 5. The molecule has 3 rings (SSSR count). The van der Waals surface area contributed by atoms with Crippen LogP contribution >= 0.6 is 11.3 Å². The van der Waals surface area contributed by atoms with E-state index in [1.165, 1.54) is 0 Å². The second-order valence-corrected chi connectivity index (χ2v) is 7.71. The first-order valence-corrected chi connectivity index (χ1v) is 10.2. The number of piperidine rings is 1. The van der Waals surface area contributed by atoms with Gasteiger partial charge in [0.25, 0.3) is 0 Å². The fraction of sp³-hybridized carbons (Fsp3) is 0.500. The number of rotatable bonds is 6. The number of aromatic nitrogens is 1. The topological polar surface area (TPSA) is 68.5 Å². The van der Waals surface area contributed by atoms with E-state index in [2.05, 4.69) is 11.9 Å². The summed E-state index contributed by atoms with van der Waals surface area (Å²) in [6.07, 6.45) is 2.37. The Balaban J connectivity index is 1.57. The van der Waals surface area contributed by atoms with Gasteiger partial charge in [0.05, 0.1) is 18.7 Å². The molecule has 1 aromatic heterocycles. The summed E-state index contributed by atoms with van der Waals surface area (Å²) in [6.45, 7) is 6.29. The fourth-order valence-corrected chi connectivity index (χ4v) is 4.15. The molecule has 0 saturated carbocycles. The van der Waals surface area contributed by atoms with Crippen molar-refractivity contribution in [1.29, 1.82) is 0 Å². The smallest absolute Gasteiger partial charge is 0.228 e. The van der Waals surface area contributed by atoms with Crippen molar-refractivity contribution < 1.29 is 9.53 Å². The lowest BCUT2D eigenvalue weighted by atomic mass is 9.91. The molecule has 26 heavy (non-hydrogen) atoms. The maximum absolute atomic E-state index is 12.5. The van der Waals surface area contributed by atoms with E-state index in [9.17, 15) is 4.79 Å². The molecule has 0 bridgehead atoms. The molecule has 1 unspecified atom stereocenters. The monoisotopic (exact) mass is 373 g/mol. The standard InChI is InChI=1S/C20H27N3O2S/c1-3-25-18-6-4-16(5-7-18)20-22-17(13-26-20)12-19(24)23-10-8-15(9-11-23)14(2)21/h4-7,13-15H,3,8-12,21H2,1-2H3. The van der Waals surface area contributed by atoms with Crippen molar-refractivity contribution in [2.24, 2.45) is 11.7 Å². The summed E-state index contributed by atoms with van der Waals surface area (Å²) in [6, 6.07) is 8.13. The lowest BCUT2D eigenvalue weighted by Crippen LogP contribution is -2.43. The number of hydrogen-bond donors (Lipinski definition) is 1. The molecule has 1 amide bonds. The molecule has 1 aromatic carbocycles. The van der Waals surface area contributed by atoms with Crippen LogP contribution in [-0.4, -0.2) is 41.5 Å². The van der Waals surface area contributed by atoms with Gasteiger partial charge in [-0.3, -0.25) is 4.79 Å². The highest BCUT2D eigenvalue weighted by molar-refractivity contribution is 7.13. The number of likely N-dealkylation sites (tertiary alicyclic amines) is 1. The predicted molar refractivity (Wildman–Crippen MR) is 105 cm³/mol. The molecule has 5 nitrogen and oxygen atoms in total. The van der Waals surface area contributed by atoms with Crippen molar-refractivity contribution in [3.63, 3.8) is 0 Å². The van der Waals surface area contributed by atoms with E-state index >= 15 is 0 Å². The van der Waals surface area contributed by atoms with Crippen LogP contribution in [-0.2, 0) is 11.2 Å². The quantitative estimate of drug-likeness (QED) is 0.843. The molecule has 0 radical (unpaired) electrons. The number of benzene rings is 1. The second kappa shape index (κ2) is 8.64. The first kappa shape index (κ1) is 18.9. The fourth-order valence-electron chi connectivity index (χ4n) is 3.32. The molecule has 1 aliphatic rings. The highest BCUT2D eigenvalue weighted by Gasteiger charge is 2.25. The number of nitrogens with zero attached hydrogens (tertiary/aromatic N) is 2. The van der Waals surface area contributed by atoms with Crippen molar-refractivity contribution in [2.45, 2.75) is 39.2 Å². The van der Waals surface area contributed by atoms with Crippen LogP contribution in [0.4, 0.5) is 0 Å². The number of ether oxygens (including phenoxy) is 1. The molecule has 0 aliphatic carbocycles. The Labute approximate surface area is 159 Å². The molecular formula is C20H27N3O2S. The first-order valence-electron chi connectivity index (χ1n) is 9.27. The summed E-state index contributed by atoms with van der Waals surface area (Å²) in [4.78, 5) is 19.1. The zero-order valence-electron chi connectivity index (χ0n) is 15.5. The van der Waals surface area contributed by atoms with Gasteiger partial charge in [0.1, 0.15) is 10.8 Å². The van der Waals surface area contributed by atoms with Crippen LogP contribution in [0.2, 0.25) is 0 Å². The molecule has 1 fully saturated rings. The van der Waals surface area contributed by atoms with E-state index in [-0.39, 0.29) is 11.9 Å². The van der Waals surface area contributed by atoms with E-state index in [4.69, 9.17) is 10.5 Å². The summed E-state index contributed by atoms with van der Waals surface area (Å²) >= 11 is 1.58. The van der Waals surface area contributed by atoms with Gasteiger partial charge in [-0.25, -0.2) is 4.98 Å². The van der Waals surface area contributed by atoms with Crippen molar-refractivity contribution in [3.8, 4) is 16.3 Å². The summed E-state index contributed by atoms with van der Waals surface area (Å²) in [5.74, 6) is 1.56. The van der Waals surface area contributed by atoms with Crippen molar-refractivity contribution in [2.75, 3.05) is 19.7 Å². The Morgan fingerprint density at radius 1 is 1.35 bits per heavy atom. The minimum atomic E-state index is 0.164. The Kier molecular flexibility index (Phi) is 6.27. The van der Waals surface area contributed by atoms with Gasteiger partial charge >= 0.3 is 0 Å². The number of carbonyl (C=O) groups is 1. The largest absolute Gasteiger partial charge is 0.494 e. The van der Waals surface area contributed by atoms with Crippen LogP contribution in [0.25, 0.3) is 10.6 Å². The van der Waals surface area contributed by atoms with Crippen LogP contribution in [0.15, 0.2) is 29.6 Å². The molecular weight excluding hydrogens is 346 g/mol. The lowest BCUT2D eigenvalue weighted by Gasteiger charge is -2.33. The van der Waals surface area contributed by atoms with E-state index in [1.54, 1.807) is 11.3 Å². The molecule has 2 heterocycles. The minimum Gasteiger partial charge on any atom is -0.494 e. The number of thiazole rings is 1. The Morgan fingerprint density at radius 2 is 2.04 bits per heavy atom. The third-order valence-corrected chi connectivity index (χ3v) is 5.87. The van der Waals surface area contributed by atoms with Gasteiger partial charge in [-0.2, -0.15) is 0 Å². The third-order valence-electron chi connectivity index (χ3n) is 4.93. The maximum Gasteiger partial charge on any atom is 0.228 e. The molecule has 140 valence electrons. The van der Waals surface area contributed by atoms with Gasteiger partial charge in [-0.1, -0.05) is 0 Å². The molecule has 1 aliphatic heterocycles. The van der Waals surface area contributed by atoms with Crippen LogP contribution in [0, 0.1) is 5.92 Å². The Morgan fingerprint density at radius 3 is 2.65 bits per heavy atom. The average Bonchev–Trinajstić information content (AvgIpc) is 3.11. The van der Waals surface area contributed by atoms with Crippen LogP contribution in [0.3, 0.4) is 0 Å². The van der Waals surface area contributed by atoms with Gasteiger partial charge in [0.15, 0.2) is 0 Å². The molecule has 1 saturated heterocycles. The molecule has 2 N–H and O–H groups in total. The maximum atomic E-state index is 12.5. The summed E-state index contributed by atoms with van der Waals surface area (Å²) in [7, 11) is 0. The zero-order valence-corrected chi connectivity index (χ0v) is 16.3.